The van der Waals surface area contributed by atoms with Crippen molar-refractivity contribution in [3.05, 3.63) is 40.1 Å². The third-order valence-corrected chi connectivity index (χ3v) is 6.75. The number of hydrogen-bond donors (Lipinski definition) is 1. The molecule has 2 saturated carbocycles. The Hall–Kier alpha value is -2.78. The molecule has 1 aromatic carbocycles. The van der Waals surface area contributed by atoms with Gasteiger partial charge < -0.3 is 19.5 Å². The molecule has 0 aromatic heterocycles. The monoisotopic (exact) mass is 451 g/mol. The zero-order valence-corrected chi connectivity index (χ0v) is 20.0. The third kappa shape index (κ3) is 4.79. The number of hydrogen-bond acceptors (Lipinski definition) is 5. The molecule has 2 aliphatic carbocycles. The minimum atomic E-state index is -0.779. The van der Waals surface area contributed by atoms with E-state index in [1.54, 1.807) is 14.0 Å². The maximum atomic E-state index is 13.4. The molecule has 1 N–H and O–H groups in total. The van der Waals surface area contributed by atoms with E-state index >= 15 is 0 Å². The molecule has 1 heterocycles. The van der Waals surface area contributed by atoms with Crippen molar-refractivity contribution in [2.45, 2.75) is 64.8 Å². The van der Waals surface area contributed by atoms with Crippen LogP contribution in [-0.4, -0.2) is 37.9 Å². The summed E-state index contributed by atoms with van der Waals surface area (Å²) in [6.45, 7) is 6.60. The van der Waals surface area contributed by atoms with E-state index < -0.39 is 11.7 Å². The highest BCUT2D eigenvalue weighted by atomic mass is 16.7. The normalized spacial score (nSPS) is 24.0. The molecule has 2 atom stereocenters. The van der Waals surface area contributed by atoms with E-state index in [0.29, 0.717) is 36.7 Å². The predicted molar refractivity (Wildman–Crippen MR) is 125 cm³/mol. The molecule has 1 amide bonds. The van der Waals surface area contributed by atoms with Crippen LogP contribution < -0.4 is 5.32 Å². The molecule has 0 bridgehead atoms. The number of aryl methyl sites for hydroxylation is 2. The van der Waals surface area contributed by atoms with Crippen molar-refractivity contribution in [3.63, 3.8) is 0 Å². The second kappa shape index (κ2) is 9.61. The van der Waals surface area contributed by atoms with Crippen molar-refractivity contribution in [3.8, 4) is 11.8 Å². The summed E-state index contributed by atoms with van der Waals surface area (Å²) in [5, 5.41) is 3.18. The zero-order valence-electron chi connectivity index (χ0n) is 20.0. The fourth-order valence-corrected chi connectivity index (χ4v) is 5.11. The van der Waals surface area contributed by atoms with Crippen molar-refractivity contribution in [2.24, 2.45) is 11.8 Å². The number of carbonyl (C=O) groups excluding carboxylic acids is 2. The highest BCUT2D eigenvalue weighted by molar-refractivity contribution is 6.24. The van der Waals surface area contributed by atoms with Gasteiger partial charge in [-0.15, -0.1) is 0 Å². The van der Waals surface area contributed by atoms with Gasteiger partial charge in [-0.2, -0.15) is 0 Å². The molecule has 6 nitrogen and oxygen atoms in total. The third-order valence-electron chi connectivity index (χ3n) is 6.75. The average Bonchev–Trinajstić information content (AvgIpc) is 3.47. The lowest BCUT2D eigenvalue weighted by atomic mass is 9.88. The van der Waals surface area contributed by atoms with Crippen LogP contribution in [0.25, 0.3) is 5.57 Å². The first-order chi connectivity index (χ1) is 15.9. The highest BCUT2D eigenvalue weighted by Gasteiger charge is 2.52. The van der Waals surface area contributed by atoms with Crippen molar-refractivity contribution < 1.29 is 23.8 Å². The van der Waals surface area contributed by atoms with Crippen LogP contribution in [0.15, 0.2) is 17.9 Å². The summed E-state index contributed by atoms with van der Waals surface area (Å²) in [5.41, 5.74) is 3.49. The Labute approximate surface area is 196 Å². The van der Waals surface area contributed by atoms with E-state index in [4.69, 9.17) is 14.2 Å². The van der Waals surface area contributed by atoms with Gasteiger partial charge in [-0.1, -0.05) is 18.8 Å². The van der Waals surface area contributed by atoms with Gasteiger partial charge in [0.1, 0.15) is 5.76 Å². The first kappa shape index (κ1) is 23.4. The van der Waals surface area contributed by atoms with Crippen LogP contribution in [0.4, 0.5) is 4.79 Å². The maximum Gasteiger partial charge on any atom is 0.513 e. The summed E-state index contributed by atoms with van der Waals surface area (Å²) < 4.78 is 16.2. The largest absolute Gasteiger partial charge is 0.513 e. The molecule has 176 valence electrons. The number of carbonyl (C=O) groups is 2. The van der Waals surface area contributed by atoms with E-state index in [1.165, 1.54) is 12.8 Å². The molecule has 0 radical (unpaired) electrons. The zero-order chi connectivity index (χ0) is 23.6. The molecule has 2 fully saturated rings. The Morgan fingerprint density at radius 2 is 2.03 bits per heavy atom. The molecule has 4 rings (SSSR count). The van der Waals surface area contributed by atoms with Gasteiger partial charge in [-0.3, -0.25) is 4.79 Å². The lowest BCUT2D eigenvalue weighted by Crippen LogP contribution is -2.43. The molecular formula is C27H33NO5. The van der Waals surface area contributed by atoms with Crippen LogP contribution in [0.3, 0.4) is 0 Å². The predicted octanol–water partition coefficient (Wildman–Crippen LogP) is 4.52. The molecule has 3 aliphatic rings. The van der Waals surface area contributed by atoms with Gasteiger partial charge in [-0.05, 0) is 87.1 Å². The van der Waals surface area contributed by atoms with E-state index in [2.05, 4.69) is 30.1 Å². The molecular weight excluding hydrogens is 418 g/mol. The lowest BCUT2D eigenvalue weighted by molar-refractivity contribution is -0.116. The summed E-state index contributed by atoms with van der Waals surface area (Å²) in [5.74, 6) is 7.59. The lowest BCUT2D eigenvalue weighted by Gasteiger charge is -2.27. The summed E-state index contributed by atoms with van der Waals surface area (Å²) in [7, 11) is 1.68. The van der Waals surface area contributed by atoms with Gasteiger partial charge in [0.05, 0.1) is 17.7 Å². The van der Waals surface area contributed by atoms with Crippen LogP contribution >= 0.6 is 0 Å². The first-order valence-electron chi connectivity index (χ1n) is 12.0. The smallest absolute Gasteiger partial charge is 0.434 e. The van der Waals surface area contributed by atoms with Crippen molar-refractivity contribution >= 4 is 17.6 Å². The number of rotatable bonds is 6. The molecule has 33 heavy (non-hydrogen) atoms. The number of amides is 1. The number of methoxy groups -OCH3 is 1. The standard InChI is InChI=1S/C27H33NO5/c1-5-21-14-19(10-9-18-7-8-18)13-17(3)22(21)23-24(33-26(30)32-6-2)27(28-25(23)29)12-11-20(15-27)16-31-4/h13-14,18,20H,5-8,11-12,15-16H2,1-4H3,(H,28,29)/t20-,27-/m0/s1. The van der Waals surface area contributed by atoms with Gasteiger partial charge in [0.2, 0.25) is 0 Å². The second-order valence-corrected chi connectivity index (χ2v) is 9.31. The van der Waals surface area contributed by atoms with Gasteiger partial charge in [0.15, 0.2) is 0 Å². The Bertz CT molecular complexity index is 1040. The molecule has 1 aliphatic heterocycles. The summed E-state index contributed by atoms with van der Waals surface area (Å²) in [6, 6.07) is 4.09. The SMILES string of the molecule is CCOC(=O)OC1=C(c2c(C)cc(C#CC3CC3)cc2CC)C(=O)N[C@]12CC[C@H](COC)C2. The highest BCUT2D eigenvalue weighted by Crippen LogP contribution is 2.47. The minimum Gasteiger partial charge on any atom is -0.434 e. The van der Waals surface area contributed by atoms with Crippen LogP contribution in [0.1, 0.15) is 68.2 Å². The average molecular weight is 452 g/mol. The topological polar surface area (TPSA) is 73.9 Å². The summed E-state index contributed by atoms with van der Waals surface area (Å²) in [6.07, 6.45) is 4.55. The fourth-order valence-electron chi connectivity index (χ4n) is 5.11. The van der Waals surface area contributed by atoms with E-state index in [9.17, 15) is 9.59 Å². The molecule has 0 saturated heterocycles. The van der Waals surface area contributed by atoms with E-state index in [1.807, 2.05) is 13.0 Å². The Morgan fingerprint density at radius 3 is 2.70 bits per heavy atom. The maximum absolute atomic E-state index is 13.4. The number of benzene rings is 1. The van der Waals surface area contributed by atoms with Gasteiger partial charge >= 0.3 is 6.16 Å². The van der Waals surface area contributed by atoms with Crippen LogP contribution in [0.2, 0.25) is 0 Å². The Balaban J connectivity index is 1.81. The summed E-state index contributed by atoms with van der Waals surface area (Å²) >= 11 is 0. The molecule has 1 spiro atoms. The molecule has 1 aromatic rings. The van der Waals surface area contributed by atoms with Crippen molar-refractivity contribution in [2.75, 3.05) is 20.3 Å². The van der Waals surface area contributed by atoms with Gasteiger partial charge in [0, 0.05) is 25.2 Å². The number of ether oxygens (including phenoxy) is 3. The fraction of sp³-hybridized carbons (Fsp3) is 0.556. The number of nitrogens with one attached hydrogen (secondary N) is 1. The Morgan fingerprint density at radius 1 is 1.24 bits per heavy atom. The van der Waals surface area contributed by atoms with Crippen LogP contribution in [-0.2, 0) is 25.4 Å². The minimum absolute atomic E-state index is 0.204. The van der Waals surface area contributed by atoms with Gasteiger partial charge in [0.25, 0.3) is 5.91 Å². The van der Waals surface area contributed by atoms with Crippen molar-refractivity contribution in [1.29, 1.82) is 0 Å². The van der Waals surface area contributed by atoms with Crippen molar-refractivity contribution in [1.82, 2.24) is 5.32 Å². The van der Waals surface area contributed by atoms with E-state index in [-0.39, 0.29) is 18.4 Å². The Kier molecular flexibility index (Phi) is 6.81. The molecule has 0 unspecified atom stereocenters. The summed E-state index contributed by atoms with van der Waals surface area (Å²) in [4.78, 5) is 25.8. The molecule has 6 heteroatoms. The first-order valence-corrected chi connectivity index (χ1v) is 12.0. The van der Waals surface area contributed by atoms with E-state index in [0.717, 1.165) is 35.1 Å². The van der Waals surface area contributed by atoms with Gasteiger partial charge in [-0.25, -0.2) is 4.79 Å². The van der Waals surface area contributed by atoms with Crippen LogP contribution in [0, 0.1) is 30.6 Å². The second-order valence-electron chi connectivity index (χ2n) is 9.31. The quantitative estimate of drug-likeness (QED) is 0.509. The van der Waals surface area contributed by atoms with Crippen LogP contribution in [0.5, 0.6) is 0 Å².